The molecular formula is C15H25N7O6. The van der Waals surface area contributed by atoms with Crippen molar-refractivity contribution in [2.24, 2.45) is 16.5 Å². The number of amides is 4. The van der Waals surface area contributed by atoms with Gasteiger partial charge in [0, 0.05) is 6.54 Å². The summed E-state index contributed by atoms with van der Waals surface area (Å²) in [4.78, 5) is 63.4. The number of nitrogens with zero attached hydrogens (tertiary/aromatic N) is 1. The normalized spacial score (nSPS) is 23.8. The van der Waals surface area contributed by atoms with E-state index in [9.17, 15) is 24.0 Å². The fraction of sp³-hybridized carbons (Fsp3) is 0.600. The van der Waals surface area contributed by atoms with Crippen molar-refractivity contribution >= 4 is 35.6 Å². The Morgan fingerprint density at radius 2 is 1.75 bits per heavy atom. The number of nitrogens with two attached hydrogens (primary N) is 2. The molecule has 1 aliphatic heterocycles. The molecule has 0 spiro atoms. The van der Waals surface area contributed by atoms with Crippen LogP contribution in [0.25, 0.3) is 0 Å². The number of hydrogen-bond acceptors (Lipinski definition) is 6. The predicted molar refractivity (Wildman–Crippen MR) is 96.6 cm³/mol. The van der Waals surface area contributed by atoms with Crippen LogP contribution in [0.3, 0.4) is 0 Å². The first kappa shape index (κ1) is 22.7. The number of rotatable bonds is 6. The minimum atomic E-state index is -1.38. The van der Waals surface area contributed by atoms with Crippen LogP contribution in [0.1, 0.15) is 26.2 Å². The molecule has 28 heavy (non-hydrogen) atoms. The number of carbonyl (C=O) groups is 5. The van der Waals surface area contributed by atoms with Crippen LogP contribution in [0.4, 0.5) is 0 Å². The lowest BCUT2D eigenvalue weighted by atomic mass is 10.1. The largest absolute Gasteiger partial charge is 0.481 e. The average Bonchev–Trinajstić information content (AvgIpc) is 2.59. The van der Waals surface area contributed by atoms with Gasteiger partial charge in [0.15, 0.2) is 5.96 Å². The lowest BCUT2D eigenvalue weighted by Crippen LogP contribution is -2.58. The van der Waals surface area contributed by atoms with Gasteiger partial charge >= 0.3 is 5.97 Å². The summed E-state index contributed by atoms with van der Waals surface area (Å²) in [5, 5.41) is 18.3. The van der Waals surface area contributed by atoms with Gasteiger partial charge in [-0.05, 0) is 19.8 Å². The SMILES string of the molecule is C[C@@H]1NC(=O)[C@H](CC(=O)O)NC(=O)CNC(=O)[C@H](CCCN=C(N)N)NC1=O. The van der Waals surface area contributed by atoms with Crippen molar-refractivity contribution in [3.05, 3.63) is 0 Å². The Balaban J connectivity index is 2.89. The number of nitrogens with one attached hydrogen (secondary N) is 4. The van der Waals surface area contributed by atoms with E-state index in [1.807, 2.05) is 0 Å². The molecule has 0 unspecified atom stereocenters. The van der Waals surface area contributed by atoms with E-state index in [4.69, 9.17) is 16.6 Å². The van der Waals surface area contributed by atoms with E-state index in [1.165, 1.54) is 6.92 Å². The van der Waals surface area contributed by atoms with Crippen molar-refractivity contribution < 1.29 is 29.1 Å². The summed E-state index contributed by atoms with van der Waals surface area (Å²) in [5.74, 6) is -4.23. The maximum atomic E-state index is 12.3. The molecule has 156 valence electrons. The van der Waals surface area contributed by atoms with Gasteiger partial charge in [-0.25, -0.2) is 0 Å². The highest BCUT2D eigenvalue weighted by molar-refractivity contribution is 5.97. The molecule has 0 saturated carbocycles. The van der Waals surface area contributed by atoms with Gasteiger partial charge in [0.1, 0.15) is 18.1 Å². The molecule has 1 saturated heterocycles. The molecule has 13 heteroatoms. The summed E-state index contributed by atoms with van der Waals surface area (Å²) in [6.07, 6.45) is -0.102. The number of hydrogen-bond donors (Lipinski definition) is 7. The molecule has 0 aromatic rings. The van der Waals surface area contributed by atoms with E-state index in [1.54, 1.807) is 0 Å². The molecule has 0 bridgehead atoms. The smallest absolute Gasteiger partial charge is 0.305 e. The monoisotopic (exact) mass is 399 g/mol. The van der Waals surface area contributed by atoms with Gasteiger partial charge in [0.2, 0.25) is 23.6 Å². The van der Waals surface area contributed by atoms with Crippen LogP contribution in [0.5, 0.6) is 0 Å². The summed E-state index contributed by atoms with van der Waals surface area (Å²) in [7, 11) is 0. The molecular weight excluding hydrogens is 374 g/mol. The van der Waals surface area contributed by atoms with E-state index in [0.29, 0.717) is 6.42 Å². The molecule has 4 amide bonds. The second-order valence-corrected chi connectivity index (χ2v) is 6.18. The van der Waals surface area contributed by atoms with Crippen LogP contribution < -0.4 is 32.7 Å². The Hall–Kier alpha value is -3.38. The van der Waals surface area contributed by atoms with Gasteiger partial charge in [-0.15, -0.1) is 0 Å². The maximum Gasteiger partial charge on any atom is 0.305 e. The van der Waals surface area contributed by atoms with Crippen molar-refractivity contribution in [3.63, 3.8) is 0 Å². The summed E-state index contributed by atoms with van der Waals surface area (Å²) in [5.41, 5.74) is 10.4. The molecule has 1 fully saturated rings. The molecule has 0 radical (unpaired) electrons. The highest BCUT2D eigenvalue weighted by Crippen LogP contribution is 2.02. The highest BCUT2D eigenvalue weighted by Gasteiger charge is 2.30. The summed E-state index contributed by atoms with van der Waals surface area (Å²) >= 11 is 0. The summed E-state index contributed by atoms with van der Waals surface area (Å²) in [6, 6.07) is -3.41. The molecule has 13 nitrogen and oxygen atoms in total. The lowest BCUT2D eigenvalue weighted by Gasteiger charge is -2.24. The first-order valence-electron chi connectivity index (χ1n) is 8.55. The molecule has 0 aliphatic carbocycles. The molecule has 1 aliphatic rings. The fourth-order valence-corrected chi connectivity index (χ4v) is 2.37. The van der Waals surface area contributed by atoms with Crippen LogP contribution in [0, 0.1) is 0 Å². The zero-order chi connectivity index (χ0) is 21.3. The van der Waals surface area contributed by atoms with Crippen LogP contribution in [-0.4, -0.2) is 71.9 Å². The van der Waals surface area contributed by atoms with Crippen molar-refractivity contribution in [3.8, 4) is 0 Å². The predicted octanol–water partition coefficient (Wildman–Crippen LogP) is -3.88. The van der Waals surface area contributed by atoms with Crippen LogP contribution in [0.15, 0.2) is 4.99 Å². The molecule has 9 N–H and O–H groups in total. The van der Waals surface area contributed by atoms with Crippen molar-refractivity contribution in [1.29, 1.82) is 0 Å². The van der Waals surface area contributed by atoms with Gasteiger partial charge < -0.3 is 37.8 Å². The van der Waals surface area contributed by atoms with Gasteiger partial charge in [0.25, 0.3) is 0 Å². The van der Waals surface area contributed by atoms with Gasteiger partial charge in [-0.3, -0.25) is 29.0 Å². The lowest BCUT2D eigenvalue weighted by molar-refractivity contribution is -0.141. The van der Waals surface area contributed by atoms with E-state index in [-0.39, 0.29) is 18.9 Å². The Morgan fingerprint density at radius 1 is 1.07 bits per heavy atom. The summed E-state index contributed by atoms with van der Waals surface area (Å²) < 4.78 is 0. The van der Waals surface area contributed by atoms with Crippen LogP contribution >= 0.6 is 0 Å². The van der Waals surface area contributed by atoms with Gasteiger partial charge in [0.05, 0.1) is 13.0 Å². The third kappa shape index (κ3) is 7.88. The Morgan fingerprint density at radius 3 is 2.36 bits per heavy atom. The van der Waals surface area contributed by atoms with Crippen LogP contribution in [-0.2, 0) is 24.0 Å². The van der Waals surface area contributed by atoms with E-state index >= 15 is 0 Å². The van der Waals surface area contributed by atoms with Gasteiger partial charge in [-0.1, -0.05) is 0 Å². The Labute approximate surface area is 160 Å². The second kappa shape index (κ2) is 10.7. The second-order valence-electron chi connectivity index (χ2n) is 6.18. The zero-order valence-electron chi connectivity index (χ0n) is 15.4. The van der Waals surface area contributed by atoms with E-state index in [2.05, 4.69) is 26.3 Å². The summed E-state index contributed by atoms with van der Waals surface area (Å²) in [6.45, 7) is 1.12. The molecule has 0 aromatic carbocycles. The third-order valence-corrected chi connectivity index (χ3v) is 3.78. The molecule has 1 rings (SSSR count). The first-order chi connectivity index (χ1) is 13.1. The average molecular weight is 399 g/mol. The Bertz CT molecular complexity index is 661. The van der Waals surface area contributed by atoms with E-state index < -0.39 is 60.7 Å². The number of carboxylic acids is 1. The van der Waals surface area contributed by atoms with Crippen molar-refractivity contribution in [2.75, 3.05) is 13.1 Å². The zero-order valence-corrected chi connectivity index (χ0v) is 15.4. The topological polar surface area (TPSA) is 218 Å². The number of guanidine groups is 1. The molecule has 1 heterocycles. The minimum absolute atomic E-state index is 0.101. The minimum Gasteiger partial charge on any atom is -0.481 e. The number of aliphatic imine (C=N–C) groups is 1. The first-order valence-corrected chi connectivity index (χ1v) is 8.55. The number of carboxylic acid groups (broad SMARTS) is 1. The fourth-order valence-electron chi connectivity index (χ4n) is 2.37. The molecule has 3 atom stereocenters. The highest BCUT2D eigenvalue weighted by atomic mass is 16.4. The molecule has 0 aromatic heterocycles. The number of carbonyl (C=O) groups excluding carboxylic acids is 4. The quantitative estimate of drug-likeness (QED) is 0.133. The van der Waals surface area contributed by atoms with Gasteiger partial charge in [-0.2, -0.15) is 0 Å². The number of aliphatic carboxylic acids is 1. The maximum absolute atomic E-state index is 12.3. The van der Waals surface area contributed by atoms with Crippen molar-refractivity contribution in [1.82, 2.24) is 21.3 Å². The van der Waals surface area contributed by atoms with Crippen LogP contribution in [0.2, 0.25) is 0 Å². The Kier molecular flexibility index (Phi) is 8.65. The standard InChI is InChI=1S/C15H25N7O6/c1-7-12(26)22-8(3-2-4-18-15(16)17)13(27)19-6-10(23)21-9(5-11(24)25)14(28)20-7/h7-9H,2-6H2,1H3,(H,19,27)(H,20,28)(H,21,23)(H,22,26)(H,24,25)(H4,16,17,18)/t7-,8-,9-/m0/s1. The van der Waals surface area contributed by atoms with E-state index in [0.717, 1.165) is 0 Å². The van der Waals surface area contributed by atoms with Crippen molar-refractivity contribution in [2.45, 2.75) is 44.3 Å². The third-order valence-electron chi connectivity index (χ3n) is 3.78.